The maximum atomic E-state index is 13.2. The summed E-state index contributed by atoms with van der Waals surface area (Å²) in [6.07, 6.45) is 2.50. The maximum absolute atomic E-state index is 13.2. The number of tetrazole rings is 1. The minimum absolute atomic E-state index is 0.0166. The van der Waals surface area contributed by atoms with E-state index in [2.05, 4.69) is 38.5 Å². The van der Waals surface area contributed by atoms with Crippen LogP contribution in [0.15, 0.2) is 36.4 Å². The molecule has 0 N–H and O–H groups in total. The van der Waals surface area contributed by atoms with Gasteiger partial charge in [0.2, 0.25) is 5.91 Å². The molecule has 1 fully saturated rings. The number of hydrogen-bond donors (Lipinski definition) is 0. The highest BCUT2D eigenvalue weighted by Crippen LogP contribution is 2.24. The summed E-state index contributed by atoms with van der Waals surface area (Å²) in [5, 5.41) is 24.8. The summed E-state index contributed by atoms with van der Waals surface area (Å²) in [6.45, 7) is 4.94. The van der Waals surface area contributed by atoms with Crippen molar-refractivity contribution in [3.05, 3.63) is 47.5 Å². The lowest BCUT2D eigenvalue weighted by molar-refractivity contribution is -0.136. The Bertz CT molecular complexity index is 1050. The summed E-state index contributed by atoms with van der Waals surface area (Å²) >= 11 is 0. The van der Waals surface area contributed by atoms with E-state index in [4.69, 9.17) is 5.26 Å². The lowest BCUT2D eigenvalue weighted by Gasteiger charge is -2.34. The second-order valence-electron chi connectivity index (χ2n) is 7.55. The molecular weight excluding hydrogens is 380 g/mol. The number of rotatable bonds is 6. The van der Waals surface area contributed by atoms with Gasteiger partial charge in [-0.15, -0.1) is 14.8 Å². The van der Waals surface area contributed by atoms with Crippen LogP contribution in [0.2, 0.25) is 0 Å². The van der Waals surface area contributed by atoms with E-state index in [0.717, 1.165) is 50.3 Å². The molecule has 0 aliphatic carbocycles. The van der Waals surface area contributed by atoms with Crippen molar-refractivity contribution >= 4 is 17.4 Å². The quantitative estimate of drug-likeness (QED) is 0.619. The summed E-state index contributed by atoms with van der Waals surface area (Å²) in [7, 11) is 0. The standard InChI is InChI=1S/C21H24N8O/c1-2-11-28(15-17-5-3-16(14-22)4-6-17)21(30)18-9-12-27(13-10-18)20-8-7-19-23-25-26-29(19)24-20/h3-8,18H,2,9-13,15H2,1H3. The third-order valence-corrected chi connectivity index (χ3v) is 5.49. The van der Waals surface area contributed by atoms with E-state index in [1.807, 2.05) is 29.2 Å². The van der Waals surface area contributed by atoms with Crippen molar-refractivity contribution in [3.63, 3.8) is 0 Å². The van der Waals surface area contributed by atoms with Crippen LogP contribution in [0.4, 0.5) is 5.82 Å². The number of piperidine rings is 1. The van der Waals surface area contributed by atoms with Gasteiger partial charge < -0.3 is 9.80 Å². The van der Waals surface area contributed by atoms with Gasteiger partial charge in [0.05, 0.1) is 11.6 Å². The Morgan fingerprint density at radius 1 is 1.20 bits per heavy atom. The molecule has 0 saturated carbocycles. The Morgan fingerprint density at radius 3 is 2.67 bits per heavy atom. The Kier molecular flexibility index (Phi) is 5.84. The number of hydrogen-bond acceptors (Lipinski definition) is 7. The van der Waals surface area contributed by atoms with E-state index >= 15 is 0 Å². The molecule has 4 rings (SSSR count). The number of nitriles is 1. The SMILES string of the molecule is CCCN(Cc1ccc(C#N)cc1)C(=O)C1CCN(c2ccc3nnnn3n2)CC1. The Labute approximate surface area is 174 Å². The minimum Gasteiger partial charge on any atom is -0.355 e. The first-order valence-electron chi connectivity index (χ1n) is 10.3. The van der Waals surface area contributed by atoms with E-state index in [9.17, 15) is 4.79 Å². The monoisotopic (exact) mass is 404 g/mol. The number of benzene rings is 1. The van der Waals surface area contributed by atoms with Gasteiger partial charge in [-0.3, -0.25) is 4.79 Å². The van der Waals surface area contributed by atoms with Crippen molar-refractivity contribution in [2.45, 2.75) is 32.7 Å². The fraction of sp³-hybridized carbons (Fsp3) is 0.429. The van der Waals surface area contributed by atoms with E-state index < -0.39 is 0 Å². The van der Waals surface area contributed by atoms with Crippen LogP contribution in [0.3, 0.4) is 0 Å². The van der Waals surface area contributed by atoms with Gasteiger partial charge in [0.15, 0.2) is 11.5 Å². The van der Waals surface area contributed by atoms with Gasteiger partial charge >= 0.3 is 0 Å². The van der Waals surface area contributed by atoms with Crippen molar-refractivity contribution in [1.82, 2.24) is 30.2 Å². The highest BCUT2D eigenvalue weighted by molar-refractivity contribution is 5.79. The molecule has 1 aliphatic heterocycles. The molecule has 2 aromatic heterocycles. The normalized spacial score (nSPS) is 14.6. The van der Waals surface area contributed by atoms with Gasteiger partial charge in [-0.25, -0.2) is 0 Å². The minimum atomic E-state index is 0.0166. The molecule has 0 spiro atoms. The zero-order valence-electron chi connectivity index (χ0n) is 17.0. The number of fused-ring (bicyclic) bond motifs is 1. The zero-order chi connectivity index (χ0) is 20.9. The molecule has 3 heterocycles. The van der Waals surface area contributed by atoms with Gasteiger partial charge in [0.1, 0.15) is 0 Å². The lowest BCUT2D eigenvalue weighted by atomic mass is 9.95. The molecule has 9 heteroatoms. The number of carbonyl (C=O) groups is 1. The second-order valence-corrected chi connectivity index (χ2v) is 7.55. The van der Waals surface area contributed by atoms with Crippen molar-refractivity contribution in [1.29, 1.82) is 5.26 Å². The summed E-state index contributed by atoms with van der Waals surface area (Å²) in [6, 6.07) is 13.4. The lowest BCUT2D eigenvalue weighted by Crippen LogP contribution is -2.43. The van der Waals surface area contributed by atoms with Crippen molar-refractivity contribution in [3.8, 4) is 6.07 Å². The average Bonchev–Trinajstić information content (AvgIpc) is 3.27. The molecule has 30 heavy (non-hydrogen) atoms. The molecule has 1 saturated heterocycles. The summed E-state index contributed by atoms with van der Waals surface area (Å²) < 4.78 is 1.42. The number of nitrogens with zero attached hydrogens (tertiary/aromatic N) is 8. The topological polar surface area (TPSA) is 103 Å². The third kappa shape index (κ3) is 4.22. The van der Waals surface area contributed by atoms with Crippen LogP contribution in [0.1, 0.15) is 37.3 Å². The van der Waals surface area contributed by atoms with Gasteiger partial charge in [-0.2, -0.15) is 5.26 Å². The highest BCUT2D eigenvalue weighted by Gasteiger charge is 2.29. The van der Waals surface area contributed by atoms with E-state index in [1.165, 1.54) is 4.63 Å². The predicted octanol–water partition coefficient (Wildman–Crippen LogP) is 2.05. The number of amides is 1. The first kappa shape index (κ1) is 19.8. The van der Waals surface area contributed by atoms with Gasteiger partial charge in [-0.05, 0) is 59.5 Å². The first-order valence-corrected chi connectivity index (χ1v) is 10.3. The van der Waals surface area contributed by atoms with Crippen LogP contribution in [0, 0.1) is 17.2 Å². The Balaban J connectivity index is 1.38. The summed E-state index contributed by atoms with van der Waals surface area (Å²) in [5.41, 5.74) is 2.29. The van der Waals surface area contributed by atoms with Crippen LogP contribution in [0.25, 0.3) is 5.65 Å². The number of carbonyl (C=O) groups excluding carboxylic acids is 1. The number of aromatic nitrogens is 5. The van der Waals surface area contributed by atoms with Gasteiger partial charge in [-0.1, -0.05) is 19.1 Å². The molecule has 0 bridgehead atoms. The van der Waals surface area contributed by atoms with E-state index in [1.54, 1.807) is 12.1 Å². The van der Waals surface area contributed by atoms with E-state index in [0.29, 0.717) is 17.8 Å². The van der Waals surface area contributed by atoms with Crippen molar-refractivity contribution < 1.29 is 4.79 Å². The molecule has 1 amide bonds. The van der Waals surface area contributed by atoms with Gasteiger partial charge in [0, 0.05) is 32.1 Å². The second kappa shape index (κ2) is 8.86. The number of anilines is 1. The fourth-order valence-corrected chi connectivity index (χ4v) is 3.86. The fourth-order valence-electron chi connectivity index (χ4n) is 3.86. The molecule has 0 unspecified atom stereocenters. The van der Waals surface area contributed by atoms with Gasteiger partial charge in [0.25, 0.3) is 0 Å². The van der Waals surface area contributed by atoms with Crippen LogP contribution in [-0.2, 0) is 11.3 Å². The molecule has 0 atom stereocenters. The van der Waals surface area contributed by atoms with Crippen LogP contribution >= 0.6 is 0 Å². The van der Waals surface area contributed by atoms with Crippen molar-refractivity contribution in [2.75, 3.05) is 24.5 Å². The molecule has 1 aliphatic rings. The smallest absolute Gasteiger partial charge is 0.226 e. The summed E-state index contributed by atoms with van der Waals surface area (Å²) in [4.78, 5) is 17.3. The molecule has 0 radical (unpaired) electrons. The van der Waals surface area contributed by atoms with Crippen LogP contribution < -0.4 is 4.90 Å². The van der Waals surface area contributed by atoms with Crippen LogP contribution in [-0.4, -0.2) is 55.7 Å². The van der Waals surface area contributed by atoms with E-state index in [-0.39, 0.29) is 11.8 Å². The zero-order valence-corrected chi connectivity index (χ0v) is 17.0. The highest BCUT2D eigenvalue weighted by atomic mass is 16.2. The average molecular weight is 404 g/mol. The summed E-state index contributed by atoms with van der Waals surface area (Å²) in [5.74, 6) is 1.05. The maximum Gasteiger partial charge on any atom is 0.226 e. The molecule has 9 nitrogen and oxygen atoms in total. The third-order valence-electron chi connectivity index (χ3n) is 5.49. The van der Waals surface area contributed by atoms with Crippen molar-refractivity contribution in [2.24, 2.45) is 5.92 Å². The van der Waals surface area contributed by atoms with Crippen LogP contribution in [0.5, 0.6) is 0 Å². The Hall–Kier alpha value is -3.54. The molecule has 1 aromatic carbocycles. The largest absolute Gasteiger partial charge is 0.355 e. The first-order chi connectivity index (χ1) is 14.7. The molecular formula is C21H24N8O. The Morgan fingerprint density at radius 2 is 1.97 bits per heavy atom. The molecule has 154 valence electrons. The predicted molar refractivity (Wildman–Crippen MR) is 110 cm³/mol. The molecule has 3 aromatic rings.